The van der Waals surface area contributed by atoms with Crippen LogP contribution in [0.2, 0.25) is 11.1 Å². The first kappa shape index (κ1) is 24.2. The van der Waals surface area contributed by atoms with Crippen molar-refractivity contribution in [2.45, 2.75) is 31.1 Å². The number of carbonyl (C=O) groups excluding carboxylic acids is 1. The van der Waals surface area contributed by atoms with Crippen LogP contribution in [0.25, 0.3) is 0 Å². The highest BCUT2D eigenvalue weighted by Crippen LogP contribution is 2.26. The van der Waals surface area contributed by atoms with Gasteiger partial charge < -0.3 is 24.2 Å². The number of amides is 1. The summed E-state index contributed by atoms with van der Waals surface area (Å²) >= 11 is 5.46. The number of benzene rings is 1. The Morgan fingerprint density at radius 2 is 2.06 bits per heavy atom. The normalized spacial score (nSPS) is 18.9. The van der Waals surface area contributed by atoms with Crippen molar-refractivity contribution >= 4 is 26.5 Å². The number of nitrogens with zero attached hydrogens (tertiary/aromatic N) is 2. The summed E-state index contributed by atoms with van der Waals surface area (Å²) < 4.78 is 78.6. The van der Waals surface area contributed by atoms with E-state index in [4.69, 9.17) is 25.5 Å². The van der Waals surface area contributed by atoms with Crippen molar-refractivity contribution in [1.82, 2.24) is 20.5 Å². The molecule has 2 heterocycles. The van der Waals surface area contributed by atoms with Gasteiger partial charge in [0.15, 0.2) is 27.1 Å². The average molecular weight is 501 g/mol. The lowest BCUT2D eigenvalue weighted by atomic mass is 10.2. The first-order valence-corrected chi connectivity index (χ1v) is 12.0. The minimum absolute atomic E-state index is 0.175. The van der Waals surface area contributed by atoms with Crippen molar-refractivity contribution in [3.05, 3.63) is 34.7 Å². The first-order chi connectivity index (χ1) is 15.1. The Labute approximate surface area is 185 Å². The SMILES string of the molecule is O=C(COc1ccc(Cl)c(F)c1F)N[Si@H]1CC[C@H](c2nnc(OCCC(F)(F)F)o2)NC1. The van der Waals surface area contributed by atoms with E-state index in [2.05, 4.69) is 20.5 Å². The summed E-state index contributed by atoms with van der Waals surface area (Å²) in [5.74, 6) is -3.25. The molecule has 0 unspecified atom stereocenters. The standard InChI is InChI=1S/C17H18ClF5N4O4Si/c18-9-1-2-11(14(20)13(9)19)30-7-12(28)27-32-6-3-10(24-8-32)15-25-26-16(31-15)29-5-4-17(21,22)23/h1-2,10,24,32H,3-8H2,(H,27,28)/t10-,32+/m1/s1. The monoisotopic (exact) mass is 500 g/mol. The summed E-state index contributed by atoms with van der Waals surface area (Å²) in [4.78, 5) is 14.9. The van der Waals surface area contributed by atoms with Gasteiger partial charge in [0.2, 0.25) is 17.6 Å². The quantitative estimate of drug-likeness (QED) is 0.327. The zero-order valence-corrected chi connectivity index (χ0v) is 18.3. The average Bonchev–Trinajstić information content (AvgIpc) is 3.20. The molecule has 32 heavy (non-hydrogen) atoms. The topological polar surface area (TPSA) is 98.5 Å². The molecule has 3 rings (SSSR count). The molecule has 2 N–H and O–H groups in total. The molecule has 0 aliphatic carbocycles. The van der Waals surface area contributed by atoms with Gasteiger partial charge in [0.1, 0.15) is 6.61 Å². The van der Waals surface area contributed by atoms with E-state index in [-0.39, 0.29) is 18.0 Å². The summed E-state index contributed by atoms with van der Waals surface area (Å²) in [5, 5.41) is 10.1. The number of carbonyl (C=O) groups is 1. The van der Waals surface area contributed by atoms with Gasteiger partial charge in [-0.1, -0.05) is 16.7 Å². The summed E-state index contributed by atoms with van der Waals surface area (Å²) in [7, 11) is -1.76. The lowest BCUT2D eigenvalue weighted by molar-refractivity contribution is -0.140. The van der Waals surface area contributed by atoms with Crippen molar-refractivity contribution in [2.24, 2.45) is 0 Å². The summed E-state index contributed by atoms with van der Waals surface area (Å²) in [6.45, 7) is -1.12. The molecule has 15 heteroatoms. The number of aromatic nitrogens is 2. The number of halogens is 6. The Morgan fingerprint density at radius 3 is 2.75 bits per heavy atom. The highest BCUT2D eigenvalue weighted by molar-refractivity contribution is 6.59. The Balaban J connectivity index is 1.40. The summed E-state index contributed by atoms with van der Waals surface area (Å²) in [6, 6.07) is 2.58. The number of alkyl halides is 3. The minimum Gasteiger partial charge on any atom is -0.481 e. The molecular formula is C17H18ClF5N4O4Si. The lowest BCUT2D eigenvalue weighted by Gasteiger charge is -2.27. The van der Waals surface area contributed by atoms with Crippen LogP contribution < -0.4 is 19.8 Å². The third-order valence-corrected chi connectivity index (χ3v) is 7.25. The van der Waals surface area contributed by atoms with Crippen molar-refractivity contribution in [3.63, 3.8) is 0 Å². The van der Waals surface area contributed by atoms with Crippen LogP contribution in [-0.4, -0.2) is 50.6 Å². The zero-order chi connectivity index (χ0) is 23.3. The molecule has 0 saturated carbocycles. The Bertz CT molecular complexity index is 940. The van der Waals surface area contributed by atoms with Crippen LogP contribution in [0, 0.1) is 11.6 Å². The van der Waals surface area contributed by atoms with E-state index < -0.39 is 63.1 Å². The van der Waals surface area contributed by atoms with Crippen molar-refractivity contribution < 1.29 is 40.6 Å². The van der Waals surface area contributed by atoms with E-state index in [0.717, 1.165) is 12.1 Å². The fraction of sp³-hybridized carbons (Fsp3) is 0.471. The highest BCUT2D eigenvalue weighted by Gasteiger charge is 2.29. The van der Waals surface area contributed by atoms with Gasteiger partial charge >= 0.3 is 12.3 Å². The highest BCUT2D eigenvalue weighted by atomic mass is 35.5. The van der Waals surface area contributed by atoms with Gasteiger partial charge in [-0.3, -0.25) is 4.79 Å². The van der Waals surface area contributed by atoms with Crippen LogP contribution in [0.1, 0.15) is 24.8 Å². The second-order valence-electron chi connectivity index (χ2n) is 6.88. The second kappa shape index (κ2) is 10.4. The molecule has 8 nitrogen and oxygen atoms in total. The summed E-state index contributed by atoms with van der Waals surface area (Å²) in [5.41, 5.74) is 0. The number of rotatable bonds is 8. The lowest BCUT2D eigenvalue weighted by Crippen LogP contribution is -2.51. The predicted octanol–water partition coefficient (Wildman–Crippen LogP) is 2.83. The van der Waals surface area contributed by atoms with Crippen molar-refractivity contribution in [2.75, 3.05) is 19.4 Å². The maximum Gasteiger partial charge on any atom is 0.414 e. The van der Waals surface area contributed by atoms with Gasteiger partial charge in [-0.15, -0.1) is 5.10 Å². The van der Waals surface area contributed by atoms with Crippen molar-refractivity contribution in [1.29, 1.82) is 0 Å². The van der Waals surface area contributed by atoms with Crippen LogP contribution in [0.4, 0.5) is 22.0 Å². The van der Waals surface area contributed by atoms with Crippen LogP contribution in [0.15, 0.2) is 16.5 Å². The van der Waals surface area contributed by atoms with E-state index in [1.807, 2.05) is 0 Å². The molecule has 1 aromatic heterocycles. The van der Waals surface area contributed by atoms with E-state index in [9.17, 15) is 26.7 Å². The van der Waals surface area contributed by atoms with Crippen molar-refractivity contribution in [3.8, 4) is 11.8 Å². The molecule has 1 saturated heterocycles. The van der Waals surface area contributed by atoms with Gasteiger partial charge in [0.05, 0.1) is 17.5 Å². The molecule has 0 spiro atoms. The molecule has 1 amide bonds. The number of hydrogen-bond acceptors (Lipinski definition) is 7. The van der Waals surface area contributed by atoms with E-state index >= 15 is 0 Å². The number of hydrogen-bond donors (Lipinski definition) is 2. The molecule has 1 aliphatic rings. The molecule has 2 atom stereocenters. The minimum atomic E-state index is -4.35. The molecule has 1 aliphatic heterocycles. The van der Waals surface area contributed by atoms with Gasteiger partial charge in [-0.25, -0.2) is 4.39 Å². The fourth-order valence-electron chi connectivity index (χ4n) is 2.90. The molecular weight excluding hydrogens is 483 g/mol. The molecule has 0 radical (unpaired) electrons. The van der Waals surface area contributed by atoms with E-state index in [1.165, 1.54) is 0 Å². The Kier molecular flexibility index (Phi) is 7.90. The van der Waals surface area contributed by atoms with Crippen LogP contribution >= 0.6 is 11.6 Å². The third kappa shape index (κ3) is 6.77. The molecule has 2 aromatic rings. The number of nitrogens with one attached hydrogen (secondary N) is 2. The Hall–Kier alpha value is -2.45. The molecule has 0 bridgehead atoms. The maximum absolute atomic E-state index is 13.7. The van der Waals surface area contributed by atoms with E-state index in [1.54, 1.807) is 0 Å². The van der Waals surface area contributed by atoms with Crippen LogP contribution in [0.3, 0.4) is 0 Å². The van der Waals surface area contributed by atoms with Gasteiger partial charge in [0.25, 0.3) is 0 Å². The van der Waals surface area contributed by atoms with Gasteiger partial charge in [0, 0.05) is 6.17 Å². The van der Waals surface area contributed by atoms with Gasteiger partial charge in [-0.05, 0) is 24.6 Å². The Morgan fingerprint density at radius 1 is 1.28 bits per heavy atom. The number of ether oxygens (including phenoxy) is 2. The maximum atomic E-state index is 13.7. The molecule has 1 aromatic carbocycles. The zero-order valence-electron chi connectivity index (χ0n) is 16.3. The molecule has 1 fully saturated rings. The predicted molar refractivity (Wildman–Crippen MR) is 103 cm³/mol. The van der Waals surface area contributed by atoms with Crippen LogP contribution in [-0.2, 0) is 4.79 Å². The second-order valence-corrected chi connectivity index (χ2v) is 9.96. The summed E-state index contributed by atoms with van der Waals surface area (Å²) in [6.07, 6.45) is -4.82. The van der Waals surface area contributed by atoms with E-state index in [0.29, 0.717) is 18.6 Å². The van der Waals surface area contributed by atoms with Crippen LogP contribution in [0.5, 0.6) is 11.8 Å². The largest absolute Gasteiger partial charge is 0.481 e. The van der Waals surface area contributed by atoms with Gasteiger partial charge in [-0.2, -0.15) is 17.6 Å². The third-order valence-electron chi connectivity index (χ3n) is 4.47. The fourth-order valence-corrected chi connectivity index (χ4v) is 5.34. The first-order valence-electron chi connectivity index (χ1n) is 9.44. The smallest absolute Gasteiger partial charge is 0.414 e. The molecule has 176 valence electrons.